The maximum absolute atomic E-state index is 11.9. The Morgan fingerprint density at radius 2 is 1.32 bits per heavy atom. The number of hydrogen-bond donors (Lipinski definition) is 2. The summed E-state index contributed by atoms with van der Waals surface area (Å²) in [5.41, 5.74) is 2.24. The first-order valence-corrected chi connectivity index (χ1v) is 9.20. The van der Waals surface area contributed by atoms with Crippen LogP contribution in [-0.2, 0) is 9.59 Å². The molecule has 0 amide bonds. The highest BCUT2D eigenvalue weighted by Gasteiger charge is 2.30. The minimum atomic E-state index is -0.875. The van der Waals surface area contributed by atoms with Crippen LogP contribution < -0.4 is 0 Å². The van der Waals surface area contributed by atoms with Crippen LogP contribution in [0.1, 0.15) is 81.9 Å². The lowest BCUT2D eigenvalue weighted by Gasteiger charge is -2.24. The zero-order valence-corrected chi connectivity index (χ0v) is 16.1. The smallest absolute Gasteiger partial charge is 0.310 e. The molecule has 4 heteroatoms. The van der Waals surface area contributed by atoms with E-state index in [4.69, 9.17) is 0 Å². The van der Waals surface area contributed by atoms with Crippen LogP contribution in [0.2, 0.25) is 0 Å². The van der Waals surface area contributed by atoms with Crippen molar-refractivity contribution in [2.45, 2.75) is 72.1 Å². The molecular weight excluding hydrogens is 316 g/mol. The Balaban J connectivity index is 3.33. The molecule has 1 aromatic carbocycles. The van der Waals surface area contributed by atoms with E-state index < -0.39 is 23.8 Å². The van der Waals surface area contributed by atoms with Gasteiger partial charge in [-0.05, 0) is 61.1 Å². The van der Waals surface area contributed by atoms with Crippen LogP contribution in [0.3, 0.4) is 0 Å². The third-order valence-corrected chi connectivity index (χ3v) is 4.74. The minimum Gasteiger partial charge on any atom is -0.481 e. The largest absolute Gasteiger partial charge is 0.481 e. The average molecular weight is 348 g/mol. The van der Waals surface area contributed by atoms with Crippen LogP contribution in [0.4, 0.5) is 0 Å². The molecule has 2 unspecified atom stereocenters. The second-order valence-corrected chi connectivity index (χ2v) is 7.80. The molecule has 0 bridgehead atoms. The van der Waals surface area contributed by atoms with Crippen molar-refractivity contribution < 1.29 is 19.8 Å². The van der Waals surface area contributed by atoms with E-state index in [1.165, 1.54) is 0 Å². The molecule has 0 aliphatic heterocycles. The van der Waals surface area contributed by atoms with Crippen LogP contribution in [0.25, 0.3) is 0 Å². The first kappa shape index (κ1) is 21.2. The average Bonchev–Trinajstić information content (AvgIpc) is 2.48. The molecule has 0 aliphatic rings. The minimum absolute atomic E-state index is 0.408. The van der Waals surface area contributed by atoms with Gasteiger partial charge in [0.1, 0.15) is 0 Å². The molecular formula is C21H32O4. The molecule has 0 radical (unpaired) electrons. The number of aliphatic carboxylic acids is 2. The summed E-state index contributed by atoms with van der Waals surface area (Å²) >= 11 is 0. The molecule has 0 heterocycles. The normalized spacial score (nSPS) is 13.9. The topological polar surface area (TPSA) is 74.6 Å². The lowest BCUT2D eigenvalue weighted by atomic mass is 9.80. The molecule has 0 aromatic heterocycles. The van der Waals surface area contributed by atoms with Crippen LogP contribution in [0, 0.1) is 18.8 Å². The lowest BCUT2D eigenvalue weighted by molar-refractivity contribution is -0.140. The maximum Gasteiger partial charge on any atom is 0.310 e. The van der Waals surface area contributed by atoms with Gasteiger partial charge in [-0.1, -0.05) is 45.9 Å². The second-order valence-electron chi connectivity index (χ2n) is 7.80. The molecule has 2 atom stereocenters. The van der Waals surface area contributed by atoms with E-state index in [0.717, 1.165) is 18.4 Å². The molecule has 1 rings (SSSR count). The van der Waals surface area contributed by atoms with Gasteiger partial charge in [0.15, 0.2) is 0 Å². The second kappa shape index (κ2) is 9.59. The van der Waals surface area contributed by atoms with Crippen LogP contribution >= 0.6 is 0 Å². The van der Waals surface area contributed by atoms with Crippen LogP contribution in [-0.4, -0.2) is 22.2 Å². The summed E-state index contributed by atoms with van der Waals surface area (Å²) < 4.78 is 0. The van der Waals surface area contributed by atoms with E-state index in [2.05, 4.69) is 27.7 Å². The summed E-state index contributed by atoms with van der Waals surface area (Å²) in [6.07, 6.45) is 2.66. The number of benzene rings is 1. The zero-order chi connectivity index (χ0) is 19.1. The van der Waals surface area contributed by atoms with Crippen molar-refractivity contribution in [1.29, 1.82) is 0 Å². The van der Waals surface area contributed by atoms with Crippen molar-refractivity contribution in [3.05, 3.63) is 34.9 Å². The Kier molecular flexibility index (Phi) is 8.14. The van der Waals surface area contributed by atoms with Crippen LogP contribution in [0.5, 0.6) is 0 Å². The maximum atomic E-state index is 11.9. The van der Waals surface area contributed by atoms with Crippen molar-refractivity contribution in [3.8, 4) is 0 Å². The number of carbonyl (C=O) groups is 2. The van der Waals surface area contributed by atoms with Crippen molar-refractivity contribution >= 4 is 11.9 Å². The van der Waals surface area contributed by atoms with Crippen molar-refractivity contribution in [1.82, 2.24) is 0 Å². The Bertz CT molecular complexity index is 590. The quantitative estimate of drug-likeness (QED) is 0.609. The van der Waals surface area contributed by atoms with Gasteiger partial charge in [-0.15, -0.1) is 0 Å². The van der Waals surface area contributed by atoms with Crippen molar-refractivity contribution in [2.24, 2.45) is 11.8 Å². The van der Waals surface area contributed by atoms with Gasteiger partial charge in [0, 0.05) is 0 Å². The fourth-order valence-electron chi connectivity index (χ4n) is 3.29. The lowest BCUT2D eigenvalue weighted by Crippen LogP contribution is -2.20. The highest BCUT2D eigenvalue weighted by Crippen LogP contribution is 2.35. The first-order chi connectivity index (χ1) is 11.6. The van der Waals surface area contributed by atoms with Gasteiger partial charge in [0.05, 0.1) is 11.8 Å². The van der Waals surface area contributed by atoms with E-state index in [-0.39, 0.29) is 0 Å². The Morgan fingerprint density at radius 1 is 0.840 bits per heavy atom. The molecule has 140 valence electrons. The van der Waals surface area contributed by atoms with E-state index in [1.54, 1.807) is 6.07 Å². The summed E-state index contributed by atoms with van der Waals surface area (Å²) in [7, 11) is 0. The molecule has 0 fully saturated rings. The molecule has 0 saturated heterocycles. The third kappa shape index (κ3) is 6.18. The molecule has 0 saturated carbocycles. The van der Waals surface area contributed by atoms with Gasteiger partial charge in [-0.3, -0.25) is 9.59 Å². The molecule has 0 aliphatic carbocycles. The monoisotopic (exact) mass is 348 g/mol. The summed E-state index contributed by atoms with van der Waals surface area (Å²) in [6.45, 7) is 10.2. The number of carboxylic acid groups (broad SMARTS) is 2. The van der Waals surface area contributed by atoms with Crippen molar-refractivity contribution in [2.75, 3.05) is 0 Å². The van der Waals surface area contributed by atoms with Gasteiger partial charge < -0.3 is 10.2 Å². The molecule has 25 heavy (non-hydrogen) atoms. The number of aryl methyl sites for hydroxylation is 1. The summed E-state index contributed by atoms with van der Waals surface area (Å²) in [6, 6.07) is 5.51. The van der Waals surface area contributed by atoms with Crippen LogP contribution in [0.15, 0.2) is 18.2 Å². The highest BCUT2D eigenvalue weighted by atomic mass is 16.4. The fourth-order valence-corrected chi connectivity index (χ4v) is 3.29. The van der Waals surface area contributed by atoms with E-state index >= 15 is 0 Å². The fraction of sp³-hybridized carbons (Fsp3) is 0.619. The standard InChI is InChI=1S/C21H32O4/c1-13(2)9-11-17(20(22)23)16-8-6-7-15(5)19(16)18(21(24)25)12-10-14(3)4/h6-8,13-14,17-18H,9-12H2,1-5H3,(H,22,23)(H,24,25). The van der Waals surface area contributed by atoms with Gasteiger partial charge >= 0.3 is 11.9 Å². The number of hydrogen-bond acceptors (Lipinski definition) is 2. The summed E-state index contributed by atoms with van der Waals surface area (Å²) in [5, 5.41) is 19.5. The summed E-state index contributed by atoms with van der Waals surface area (Å²) in [5.74, 6) is -2.24. The Labute approximate surface area is 151 Å². The molecule has 0 spiro atoms. The predicted molar refractivity (Wildman–Crippen MR) is 100 cm³/mol. The predicted octanol–water partition coefficient (Wildman–Crippen LogP) is 5.20. The SMILES string of the molecule is Cc1cccc(C(CCC(C)C)C(=O)O)c1C(CCC(C)C)C(=O)O. The Hall–Kier alpha value is -1.84. The first-order valence-electron chi connectivity index (χ1n) is 9.20. The van der Waals surface area contributed by atoms with E-state index in [1.807, 2.05) is 19.1 Å². The summed E-state index contributed by atoms with van der Waals surface area (Å²) in [4.78, 5) is 23.8. The highest BCUT2D eigenvalue weighted by molar-refractivity contribution is 5.81. The van der Waals surface area contributed by atoms with Crippen molar-refractivity contribution in [3.63, 3.8) is 0 Å². The van der Waals surface area contributed by atoms with E-state index in [9.17, 15) is 19.8 Å². The van der Waals surface area contributed by atoms with Gasteiger partial charge in [0.2, 0.25) is 0 Å². The molecule has 4 nitrogen and oxygen atoms in total. The van der Waals surface area contributed by atoms with Gasteiger partial charge in [-0.25, -0.2) is 0 Å². The van der Waals surface area contributed by atoms with Gasteiger partial charge in [-0.2, -0.15) is 0 Å². The molecule has 1 aromatic rings. The van der Waals surface area contributed by atoms with Gasteiger partial charge in [0.25, 0.3) is 0 Å². The number of carboxylic acids is 2. The number of rotatable bonds is 10. The molecule has 2 N–H and O–H groups in total. The Morgan fingerprint density at radius 3 is 1.76 bits per heavy atom. The third-order valence-electron chi connectivity index (χ3n) is 4.74. The van der Waals surface area contributed by atoms with E-state index in [0.29, 0.717) is 35.8 Å². The zero-order valence-electron chi connectivity index (χ0n) is 16.1.